The molecule has 5 nitrogen and oxygen atoms in total. The molecule has 21 heavy (non-hydrogen) atoms. The summed E-state index contributed by atoms with van der Waals surface area (Å²) < 4.78 is 0. The molecule has 1 aliphatic rings. The maximum Gasteiger partial charge on any atom is 0.270 e. The number of anilines is 1. The smallest absolute Gasteiger partial charge is 0.270 e. The first kappa shape index (κ1) is 14.0. The number of piperidine rings is 1. The molecule has 3 rings (SSSR count). The van der Waals surface area contributed by atoms with E-state index in [1.165, 1.54) is 17.0 Å². The summed E-state index contributed by atoms with van der Waals surface area (Å²) in [6, 6.07) is 4.09. The van der Waals surface area contributed by atoms with Crippen molar-refractivity contribution < 1.29 is 4.79 Å². The first-order valence-electron chi connectivity index (χ1n) is 7.14. The van der Waals surface area contributed by atoms with Crippen molar-refractivity contribution in [3.63, 3.8) is 0 Å². The molecule has 2 aromatic rings. The number of carbonyl (C=O) groups excluding carboxylic acids is 1. The third kappa shape index (κ3) is 3.58. The molecule has 1 fully saturated rings. The molecule has 1 saturated heterocycles. The molecule has 0 unspecified atom stereocenters. The maximum absolute atomic E-state index is 11.8. The number of carbonyl (C=O) groups is 1. The van der Waals surface area contributed by atoms with Crippen LogP contribution >= 0.6 is 11.3 Å². The molecule has 0 bridgehead atoms. The third-order valence-corrected chi connectivity index (χ3v) is 4.45. The lowest BCUT2D eigenvalue weighted by molar-refractivity contribution is 0.0940. The summed E-state index contributed by atoms with van der Waals surface area (Å²) in [6.45, 7) is 2.79. The third-order valence-electron chi connectivity index (χ3n) is 3.86. The van der Waals surface area contributed by atoms with Crippen LogP contribution in [0, 0.1) is 5.92 Å². The topological polar surface area (TPSA) is 58.1 Å². The number of nitrogens with one attached hydrogen (secondary N) is 1. The fourth-order valence-corrected chi connectivity index (χ4v) is 3.13. The first-order chi connectivity index (χ1) is 10.3. The minimum Gasteiger partial charge on any atom is -0.371 e. The van der Waals surface area contributed by atoms with Crippen LogP contribution in [0.5, 0.6) is 0 Å². The summed E-state index contributed by atoms with van der Waals surface area (Å²) in [5, 5.41) is 4.77. The average Bonchev–Trinajstić information content (AvgIpc) is 3.08. The van der Waals surface area contributed by atoms with Crippen LogP contribution in [-0.2, 0) is 0 Å². The van der Waals surface area contributed by atoms with Gasteiger partial charge in [-0.25, -0.2) is 4.98 Å². The second kappa shape index (κ2) is 6.67. The van der Waals surface area contributed by atoms with Crippen molar-refractivity contribution in [2.45, 2.75) is 12.8 Å². The van der Waals surface area contributed by atoms with E-state index in [9.17, 15) is 4.79 Å². The van der Waals surface area contributed by atoms with E-state index in [-0.39, 0.29) is 5.91 Å². The van der Waals surface area contributed by atoms with E-state index >= 15 is 0 Å². The molecule has 1 amide bonds. The molecule has 3 heterocycles. The van der Waals surface area contributed by atoms with Crippen LogP contribution in [0.25, 0.3) is 0 Å². The van der Waals surface area contributed by atoms with Gasteiger partial charge in [-0.1, -0.05) is 0 Å². The van der Waals surface area contributed by atoms with Crippen molar-refractivity contribution in [3.05, 3.63) is 41.1 Å². The Bertz CT molecular complexity index is 565. The van der Waals surface area contributed by atoms with Gasteiger partial charge in [0.1, 0.15) is 5.69 Å². The Balaban J connectivity index is 1.45. The molecule has 2 aromatic heterocycles. The largest absolute Gasteiger partial charge is 0.371 e. The van der Waals surface area contributed by atoms with Crippen molar-refractivity contribution in [2.75, 3.05) is 24.5 Å². The zero-order valence-electron chi connectivity index (χ0n) is 11.7. The molecular formula is C15H18N4OS. The number of hydrogen-bond acceptors (Lipinski definition) is 5. The van der Waals surface area contributed by atoms with Gasteiger partial charge in [0, 0.05) is 43.1 Å². The summed E-state index contributed by atoms with van der Waals surface area (Å²) in [5.41, 5.74) is 3.44. The van der Waals surface area contributed by atoms with Crippen molar-refractivity contribution in [2.24, 2.45) is 5.92 Å². The van der Waals surface area contributed by atoms with Crippen LogP contribution in [0.2, 0.25) is 0 Å². The lowest BCUT2D eigenvalue weighted by Crippen LogP contribution is -2.38. The van der Waals surface area contributed by atoms with Gasteiger partial charge in [-0.3, -0.25) is 9.78 Å². The normalized spacial score (nSPS) is 15.9. The minimum atomic E-state index is -0.0622. The standard InChI is InChI=1S/C15H18N4OS/c20-15(14-10-21-11-18-14)17-9-12-3-7-19(8-4-12)13-1-5-16-6-2-13/h1-2,5-6,10-12H,3-4,7-9H2,(H,17,20). The van der Waals surface area contributed by atoms with Gasteiger partial charge in [0.2, 0.25) is 0 Å². The number of rotatable bonds is 4. The number of nitrogens with zero attached hydrogens (tertiary/aromatic N) is 3. The molecule has 0 spiro atoms. The summed E-state index contributed by atoms with van der Waals surface area (Å²) in [7, 11) is 0. The summed E-state index contributed by atoms with van der Waals surface area (Å²) >= 11 is 1.44. The number of hydrogen-bond donors (Lipinski definition) is 1. The average molecular weight is 302 g/mol. The Kier molecular flexibility index (Phi) is 4.45. The van der Waals surface area contributed by atoms with Crippen LogP contribution < -0.4 is 10.2 Å². The lowest BCUT2D eigenvalue weighted by atomic mass is 9.96. The van der Waals surface area contributed by atoms with Gasteiger partial charge >= 0.3 is 0 Å². The van der Waals surface area contributed by atoms with Crippen LogP contribution in [0.1, 0.15) is 23.3 Å². The van der Waals surface area contributed by atoms with Crippen molar-refractivity contribution in [1.29, 1.82) is 0 Å². The van der Waals surface area contributed by atoms with E-state index in [4.69, 9.17) is 0 Å². The van der Waals surface area contributed by atoms with E-state index in [1.807, 2.05) is 24.5 Å². The Morgan fingerprint density at radius 3 is 2.76 bits per heavy atom. The fraction of sp³-hybridized carbons (Fsp3) is 0.400. The van der Waals surface area contributed by atoms with Crippen LogP contribution in [0.15, 0.2) is 35.4 Å². The van der Waals surface area contributed by atoms with Gasteiger partial charge in [-0.2, -0.15) is 0 Å². The molecule has 110 valence electrons. The first-order valence-corrected chi connectivity index (χ1v) is 8.08. The van der Waals surface area contributed by atoms with Crippen molar-refractivity contribution >= 4 is 22.9 Å². The highest BCUT2D eigenvalue weighted by Gasteiger charge is 2.20. The summed E-state index contributed by atoms with van der Waals surface area (Å²) in [4.78, 5) is 22.3. The number of amides is 1. The molecular weight excluding hydrogens is 284 g/mol. The predicted octanol–water partition coefficient (Wildman–Crippen LogP) is 2.18. The van der Waals surface area contributed by atoms with Crippen LogP contribution in [0.4, 0.5) is 5.69 Å². The SMILES string of the molecule is O=C(NCC1CCN(c2ccncc2)CC1)c1cscn1. The molecule has 0 radical (unpaired) electrons. The molecule has 6 heteroatoms. The van der Waals surface area contributed by atoms with Gasteiger partial charge in [-0.05, 0) is 30.9 Å². The zero-order chi connectivity index (χ0) is 14.5. The Hall–Kier alpha value is -1.95. The zero-order valence-corrected chi connectivity index (χ0v) is 12.6. The molecule has 0 saturated carbocycles. The summed E-state index contributed by atoms with van der Waals surface area (Å²) in [5.74, 6) is 0.485. The number of pyridine rings is 1. The highest BCUT2D eigenvalue weighted by molar-refractivity contribution is 7.07. The predicted molar refractivity (Wildman–Crippen MR) is 83.6 cm³/mol. The van der Waals surface area contributed by atoms with Gasteiger partial charge in [0.25, 0.3) is 5.91 Å². The Morgan fingerprint density at radius 2 is 2.10 bits per heavy atom. The van der Waals surface area contributed by atoms with Crippen molar-refractivity contribution in [1.82, 2.24) is 15.3 Å². The van der Waals surface area contributed by atoms with E-state index in [0.29, 0.717) is 11.6 Å². The molecule has 0 aliphatic carbocycles. The van der Waals surface area contributed by atoms with E-state index in [1.54, 1.807) is 10.9 Å². The van der Waals surface area contributed by atoms with E-state index in [0.717, 1.165) is 32.5 Å². The Morgan fingerprint density at radius 1 is 1.33 bits per heavy atom. The molecule has 1 N–H and O–H groups in total. The van der Waals surface area contributed by atoms with Gasteiger partial charge in [-0.15, -0.1) is 11.3 Å². The highest BCUT2D eigenvalue weighted by atomic mass is 32.1. The number of aromatic nitrogens is 2. The van der Waals surface area contributed by atoms with Crippen molar-refractivity contribution in [3.8, 4) is 0 Å². The quantitative estimate of drug-likeness (QED) is 0.940. The van der Waals surface area contributed by atoms with Gasteiger partial charge in [0.15, 0.2) is 0 Å². The van der Waals surface area contributed by atoms with E-state index in [2.05, 4.69) is 20.2 Å². The second-order valence-corrected chi connectivity index (χ2v) is 5.94. The molecule has 1 aliphatic heterocycles. The van der Waals surface area contributed by atoms with Crippen LogP contribution in [0.3, 0.4) is 0 Å². The van der Waals surface area contributed by atoms with Gasteiger partial charge in [0.05, 0.1) is 5.51 Å². The van der Waals surface area contributed by atoms with E-state index < -0.39 is 0 Å². The maximum atomic E-state index is 11.8. The fourth-order valence-electron chi connectivity index (χ4n) is 2.60. The minimum absolute atomic E-state index is 0.0622. The molecule has 0 atom stereocenters. The van der Waals surface area contributed by atoms with Crippen LogP contribution in [-0.4, -0.2) is 35.5 Å². The lowest BCUT2D eigenvalue weighted by Gasteiger charge is -2.33. The second-order valence-electron chi connectivity index (χ2n) is 5.22. The summed E-state index contributed by atoms with van der Waals surface area (Å²) in [6.07, 6.45) is 5.85. The highest BCUT2D eigenvalue weighted by Crippen LogP contribution is 2.22. The van der Waals surface area contributed by atoms with Gasteiger partial charge < -0.3 is 10.2 Å². The number of thiazole rings is 1. The monoisotopic (exact) mass is 302 g/mol. The Labute approximate surface area is 128 Å². The molecule has 0 aromatic carbocycles.